The van der Waals surface area contributed by atoms with E-state index in [1.54, 1.807) is 43.5 Å². The number of nitrogens with one attached hydrogen (secondary N) is 1. The highest BCUT2D eigenvalue weighted by Crippen LogP contribution is 2.36. The fourth-order valence-electron chi connectivity index (χ4n) is 2.98. The summed E-state index contributed by atoms with van der Waals surface area (Å²) in [7, 11) is 1.56. The molecule has 30 heavy (non-hydrogen) atoms. The number of thiocarbonyl (C=S) groups is 1. The molecule has 2 heterocycles. The number of rotatable bonds is 6. The highest BCUT2D eigenvalue weighted by atomic mass is 32.2. The normalized spacial score (nSPS) is 16.3. The molecule has 1 saturated heterocycles. The van der Waals surface area contributed by atoms with Crippen molar-refractivity contribution in [3.8, 4) is 17.2 Å². The summed E-state index contributed by atoms with van der Waals surface area (Å²) in [4.78, 5) is 27.0. The Morgan fingerprint density at radius 1 is 1.27 bits per heavy atom. The number of nitrogens with zero attached hydrogens (tertiary/aromatic N) is 1. The molecule has 0 aromatic heterocycles. The van der Waals surface area contributed by atoms with Gasteiger partial charge in [0, 0.05) is 24.7 Å². The lowest BCUT2D eigenvalue weighted by molar-refractivity contribution is -0.122. The maximum absolute atomic E-state index is 12.8. The van der Waals surface area contributed by atoms with Crippen molar-refractivity contribution in [3.63, 3.8) is 0 Å². The van der Waals surface area contributed by atoms with Gasteiger partial charge in [-0.2, -0.15) is 0 Å². The zero-order chi connectivity index (χ0) is 21.1. The minimum atomic E-state index is -0.211. The van der Waals surface area contributed by atoms with E-state index >= 15 is 0 Å². The van der Waals surface area contributed by atoms with Gasteiger partial charge in [-0.15, -0.1) is 0 Å². The lowest BCUT2D eigenvalue weighted by Gasteiger charge is -2.14. The number of hydrogen-bond acceptors (Lipinski definition) is 7. The van der Waals surface area contributed by atoms with Gasteiger partial charge < -0.3 is 19.5 Å². The molecule has 0 saturated carbocycles. The van der Waals surface area contributed by atoms with Crippen molar-refractivity contribution in [1.29, 1.82) is 0 Å². The Hall–Kier alpha value is -3.04. The van der Waals surface area contributed by atoms with Gasteiger partial charge in [-0.3, -0.25) is 14.5 Å². The van der Waals surface area contributed by atoms with Crippen molar-refractivity contribution in [3.05, 3.63) is 52.9 Å². The zero-order valence-corrected chi connectivity index (χ0v) is 17.7. The summed E-state index contributed by atoms with van der Waals surface area (Å²) >= 11 is 6.56. The lowest BCUT2D eigenvalue weighted by Crippen LogP contribution is -2.31. The number of benzene rings is 2. The fourth-order valence-corrected chi connectivity index (χ4v) is 4.29. The van der Waals surface area contributed by atoms with E-state index < -0.39 is 0 Å². The first kappa shape index (κ1) is 20.2. The number of amides is 2. The molecular weight excluding hydrogens is 424 g/mol. The lowest BCUT2D eigenvalue weighted by atomic mass is 10.2. The second-order valence-corrected chi connectivity index (χ2v) is 8.15. The molecule has 1 fully saturated rings. The molecule has 2 aromatic rings. The molecule has 2 aromatic carbocycles. The molecule has 0 bridgehead atoms. The SMILES string of the molecule is COc1cccc(NC(=O)CCN2C(=O)/C(=C/c3ccc4c(c3)OCO4)SC2=S)c1. The van der Waals surface area contributed by atoms with Crippen molar-refractivity contribution in [2.24, 2.45) is 0 Å². The molecule has 0 aliphatic carbocycles. The number of fused-ring (bicyclic) bond motifs is 1. The van der Waals surface area contributed by atoms with Crippen LogP contribution in [0.25, 0.3) is 6.08 Å². The molecule has 2 aliphatic heterocycles. The largest absolute Gasteiger partial charge is 0.497 e. The van der Waals surface area contributed by atoms with Crippen LogP contribution in [0.15, 0.2) is 47.4 Å². The predicted octanol–water partition coefficient (Wildman–Crippen LogP) is 3.65. The first-order valence-corrected chi connectivity index (χ1v) is 10.3. The molecule has 2 amide bonds. The van der Waals surface area contributed by atoms with Crippen LogP contribution in [0.4, 0.5) is 5.69 Å². The molecule has 0 unspecified atom stereocenters. The van der Waals surface area contributed by atoms with Gasteiger partial charge in [-0.05, 0) is 35.9 Å². The number of thioether (sulfide) groups is 1. The van der Waals surface area contributed by atoms with E-state index in [-0.39, 0.29) is 31.6 Å². The predicted molar refractivity (Wildman–Crippen MR) is 119 cm³/mol. The molecular formula is C21H18N2O5S2. The Morgan fingerprint density at radius 2 is 2.10 bits per heavy atom. The van der Waals surface area contributed by atoms with Crippen molar-refractivity contribution < 1.29 is 23.8 Å². The topological polar surface area (TPSA) is 77.1 Å². The smallest absolute Gasteiger partial charge is 0.266 e. The number of methoxy groups -OCH3 is 1. The molecule has 154 valence electrons. The Balaban J connectivity index is 1.37. The van der Waals surface area contributed by atoms with Crippen molar-refractivity contribution in [1.82, 2.24) is 4.90 Å². The van der Waals surface area contributed by atoms with Crippen LogP contribution < -0.4 is 19.5 Å². The third kappa shape index (κ3) is 4.42. The second kappa shape index (κ2) is 8.76. The first-order chi connectivity index (χ1) is 14.5. The van der Waals surface area contributed by atoms with Crippen LogP contribution in [-0.4, -0.2) is 41.5 Å². The van der Waals surface area contributed by atoms with Gasteiger partial charge >= 0.3 is 0 Å². The Bertz CT molecular complexity index is 1050. The van der Waals surface area contributed by atoms with Gasteiger partial charge in [0.25, 0.3) is 5.91 Å². The molecule has 0 radical (unpaired) electrons. The van der Waals surface area contributed by atoms with Crippen LogP contribution in [0, 0.1) is 0 Å². The number of carbonyl (C=O) groups is 2. The van der Waals surface area contributed by atoms with Crippen LogP contribution in [0.1, 0.15) is 12.0 Å². The average molecular weight is 443 g/mol. The molecule has 2 aliphatic rings. The molecule has 0 spiro atoms. The summed E-state index contributed by atoms with van der Waals surface area (Å²) in [5, 5.41) is 2.80. The van der Waals surface area contributed by atoms with E-state index in [1.807, 2.05) is 12.1 Å². The molecule has 9 heteroatoms. The summed E-state index contributed by atoms with van der Waals surface area (Å²) in [5.41, 5.74) is 1.45. The highest BCUT2D eigenvalue weighted by molar-refractivity contribution is 8.26. The van der Waals surface area contributed by atoms with Crippen molar-refractivity contribution in [2.75, 3.05) is 25.8 Å². The first-order valence-electron chi connectivity index (χ1n) is 9.12. The quantitative estimate of drug-likeness (QED) is 0.540. The molecule has 0 atom stereocenters. The summed E-state index contributed by atoms with van der Waals surface area (Å²) in [5.74, 6) is 1.56. The Labute approximate surface area is 183 Å². The third-order valence-corrected chi connectivity index (χ3v) is 5.86. The monoisotopic (exact) mass is 442 g/mol. The number of hydrogen-bond donors (Lipinski definition) is 1. The third-order valence-electron chi connectivity index (χ3n) is 4.48. The van der Waals surface area contributed by atoms with Crippen LogP contribution in [0.5, 0.6) is 17.2 Å². The van der Waals surface area contributed by atoms with Crippen molar-refractivity contribution >= 4 is 51.9 Å². The highest BCUT2D eigenvalue weighted by Gasteiger charge is 2.32. The van der Waals surface area contributed by atoms with Gasteiger partial charge in [0.15, 0.2) is 11.5 Å². The van der Waals surface area contributed by atoms with Gasteiger partial charge in [-0.1, -0.05) is 36.1 Å². The standard InChI is InChI=1S/C21H18N2O5S2/c1-26-15-4-2-3-14(11-15)22-19(24)7-8-23-20(25)18(30-21(23)29)10-13-5-6-16-17(9-13)28-12-27-16/h2-6,9-11H,7-8,12H2,1H3,(H,22,24)/b18-10-. The molecule has 4 rings (SSSR count). The van der Waals surface area contributed by atoms with Crippen LogP contribution in [0.2, 0.25) is 0 Å². The summed E-state index contributed by atoms with van der Waals surface area (Å²) in [6.45, 7) is 0.400. The van der Waals surface area contributed by atoms with Crippen molar-refractivity contribution in [2.45, 2.75) is 6.42 Å². The van der Waals surface area contributed by atoms with E-state index in [0.29, 0.717) is 32.2 Å². The maximum Gasteiger partial charge on any atom is 0.266 e. The minimum absolute atomic E-state index is 0.126. The van der Waals surface area contributed by atoms with Crippen LogP contribution in [-0.2, 0) is 9.59 Å². The number of anilines is 1. The Kier molecular flexibility index (Phi) is 5.91. The van der Waals surface area contributed by atoms with E-state index in [2.05, 4.69) is 5.32 Å². The number of ether oxygens (including phenoxy) is 3. The van der Waals surface area contributed by atoms with Crippen LogP contribution >= 0.6 is 24.0 Å². The van der Waals surface area contributed by atoms with E-state index in [9.17, 15) is 9.59 Å². The summed E-state index contributed by atoms with van der Waals surface area (Å²) in [6.07, 6.45) is 1.89. The zero-order valence-electron chi connectivity index (χ0n) is 16.0. The van der Waals surface area contributed by atoms with E-state index in [0.717, 1.165) is 5.56 Å². The van der Waals surface area contributed by atoms with E-state index in [4.69, 9.17) is 26.4 Å². The summed E-state index contributed by atoms with van der Waals surface area (Å²) < 4.78 is 16.2. The average Bonchev–Trinajstić information content (AvgIpc) is 3.31. The molecule has 7 nitrogen and oxygen atoms in total. The Morgan fingerprint density at radius 3 is 2.93 bits per heavy atom. The van der Waals surface area contributed by atoms with Crippen LogP contribution in [0.3, 0.4) is 0 Å². The van der Waals surface area contributed by atoms with Gasteiger partial charge in [0.1, 0.15) is 10.1 Å². The molecule has 1 N–H and O–H groups in total. The van der Waals surface area contributed by atoms with Gasteiger partial charge in [0.05, 0.1) is 12.0 Å². The summed E-state index contributed by atoms with van der Waals surface area (Å²) in [6, 6.07) is 12.6. The van der Waals surface area contributed by atoms with Gasteiger partial charge in [-0.25, -0.2) is 0 Å². The fraction of sp³-hybridized carbons (Fsp3) is 0.190. The second-order valence-electron chi connectivity index (χ2n) is 6.48. The minimum Gasteiger partial charge on any atom is -0.497 e. The van der Waals surface area contributed by atoms with E-state index in [1.165, 1.54) is 16.7 Å². The maximum atomic E-state index is 12.8. The van der Waals surface area contributed by atoms with Gasteiger partial charge in [0.2, 0.25) is 12.7 Å². The number of carbonyl (C=O) groups excluding carboxylic acids is 2.